The van der Waals surface area contributed by atoms with Gasteiger partial charge in [-0.3, -0.25) is 0 Å². The van der Waals surface area contributed by atoms with Crippen LogP contribution in [0.2, 0.25) is 0 Å². The van der Waals surface area contributed by atoms with E-state index in [9.17, 15) is 5.11 Å². The molecule has 3 rings (SSSR count). The van der Waals surface area contributed by atoms with E-state index in [1.807, 2.05) is 30.3 Å². The van der Waals surface area contributed by atoms with Crippen molar-refractivity contribution >= 4 is 0 Å². The van der Waals surface area contributed by atoms with Gasteiger partial charge in [0.1, 0.15) is 18.3 Å². The lowest BCUT2D eigenvalue weighted by Crippen LogP contribution is -2.71. The summed E-state index contributed by atoms with van der Waals surface area (Å²) in [6.07, 6.45) is -2.84. The number of hydrogen-bond donors (Lipinski definition) is 1. The second-order valence-electron chi connectivity index (χ2n) is 6.53. The van der Waals surface area contributed by atoms with E-state index in [4.69, 9.17) is 28.4 Å². The maximum absolute atomic E-state index is 10.3. The summed E-state index contributed by atoms with van der Waals surface area (Å²) in [5.74, 6) is -2.36. The summed E-state index contributed by atoms with van der Waals surface area (Å²) >= 11 is 0. The zero-order chi connectivity index (χ0) is 18.1. The molecule has 7 heteroatoms. The summed E-state index contributed by atoms with van der Waals surface area (Å²) in [5, 5.41) is 10.3. The van der Waals surface area contributed by atoms with Gasteiger partial charge < -0.3 is 33.5 Å². The normalized spacial score (nSPS) is 41.3. The Hall–Kier alpha value is -1.06. The minimum Gasteiger partial charge on any atom is -0.388 e. The molecule has 0 unspecified atom stereocenters. The van der Waals surface area contributed by atoms with Gasteiger partial charge in [0.15, 0.2) is 6.29 Å². The van der Waals surface area contributed by atoms with Crippen LogP contribution in [0.25, 0.3) is 0 Å². The number of aliphatic hydroxyl groups excluding tert-OH is 1. The Morgan fingerprint density at radius 1 is 1.04 bits per heavy atom. The molecule has 0 aromatic heterocycles. The van der Waals surface area contributed by atoms with E-state index >= 15 is 0 Å². The van der Waals surface area contributed by atoms with Crippen LogP contribution in [-0.4, -0.2) is 62.1 Å². The summed E-state index contributed by atoms with van der Waals surface area (Å²) in [4.78, 5) is 0. The van der Waals surface area contributed by atoms with Gasteiger partial charge in [-0.25, -0.2) is 0 Å². The van der Waals surface area contributed by atoms with Gasteiger partial charge in [-0.15, -0.1) is 0 Å². The molecule has 0 bridgehead atoms. The van der Waals surface area contributed by atoms with Crippen LogP contribution in [0, 0.1) is 0 Å². The van der Waals surface area contributed by atoms with Crippen LogP contribution in [0.15, 0.2) is 30.3 Å². The SMILES string of the molecule is CO[C@@]1(C)O[C@@H]2[C@H](OCc3ccccc3)OC[C@H](O)[C@H]2O[C@]1(C)OC. The van der Waals surface area contributed by atoms with Gasteiger partial charge in [-0.05, 0) is 19.4 Å². The van der Waals surface area contributed by atoms with E-state index < -0.39 is 36.2 Å². The Kier molecular flexibility index (Phi) is 5.45. The van der Waals surface area contributed by atoms with Gasteiger partial charge in [0.25, 0.3) is 0 Å². The molecule has 1 N–H and O–H groups in total. The molecule has 2 aliphatic heterocycles. The predicted molar refractivity (Wildman–Crippen MR) is 87.6 cm³/mol. The quantitative estimate of drug-likeness (QED) is 0.857. The average Bonchev–Trinajstić information content (AvgIpc) is 2.64. The first-order valence-corrected chi connectivity index (χ1v) is 8.33. The van der Waals surface area contributed by atoms with Gasteiger partial charge in [-0.1, -0.05) is 30.3 Å². The second-order valence-corrected chi connectivity index (χ2v) is 6.53. The van der Waals surface area contributed by atoms with Gasteiger partial charge in [0, 0.05) is 14.2 Å². The summed E-state index contributed by atoms with van der Waals surface area (Å²) < 4.78 is 34.7. The molecule has 1 aromatic rings. The van der Waals surface area contributed by atoms with E-state index in [2.05, 4.69) is 0 Å². The minimum atomic E-state index is -1.18. The Morgan fingerprint density at radius 3 is 2.24 bits per heavy atom. The minimum absolute atomic E-state index is 0.0907. The van der Waals surface area contributed by atoms with Crippen molar-refractivity contribution in [2.24, 2.45) is 0 Å². The van der Waals surface area contributed by atoms with Gasteiger partial charge in [0.2, 0.25) is 11.6 Å². The molecule has 0 amide bonds. The first-order chi connectivity index (χ1) is 11.9. The second kappa shape index (κ2) is 7.28. The molecule has 2 aliphatic rings. The summed E-state index contributed by atoms with van der Waals surface area (Å²) in [6.45, 7) is 3.89. The summed E-state index contributed by atoms with van der Waals surface area (Å²) in [5.41, 5.74) is 1.02. The van der Waals surface area contributed by atoms with Crippen LogP contribution in [0.1, 0.15) is 19.4 Å². The topological polar surface area (TPSA) is 75.6 Å². The molecule has 0 radical (unpaired) electrons. The average molecular weight is 354 g/mol. The fourth-order valence-electron chi connectivity index (χ4n) is 3.12. The highest BCUT2D eigenvalue weighted by Gasteiger charge is 2.61. The molecule has 0 saturated carbocycles. The zero-order valence-corrected chi connectivity index (χ0v) is 15.0. The highest BCUT2D eigenvalue weighted by Crippen LogP contribution is 2.42. The first kappa shape index (κ1) is 18.7. The lowest BCUT2D eigenvalue weighted by atomic mass is 9.98. The molecule has 7 nitrogen and oxygen atoms in total. The van der Waals surface area contributed by atoms with Crippen LogP contribution in [0.3, 0.4) is 0 Å². The molecule has 25 heavy (non-hydrogen) atoms. The lowest BCUT2D eigenvalue weighted by Gasteiger charge is -2.55. The van der Waals surface area contributed by atoms with Gasteiger partial charge >= 0.3 is 0 Å². The summed E-state index contributed by atoms with van der Waals surface area (Å²) in [7, 11) is 3.02. The molecular formula is C18H26O7. The molecule has 2 saturated heterocycles. The largest absolute Gasteiger partial charge is 0.388 e. The summed E-state index contributed by atoms with van der Waals surface area (Å²) in [6, 6.07) is 9.77. The van der Waals surface area contributed by atoms with Crippen molar-refractivity contribution < 1.29 is 33.5 Å². The smallest absolute Gasteiger partial charge is 0.220 e. The van der Waals surface area contributed by atoms with Crippen molar-refractivity contribution in [2.45, 2.75) is 56.6 Å². The maximum Gasteiger partial charge on any atom is 0.220 e. The van der Waals surface area contributed by atoms with E-state index in [-0.39, 0.29) is 6.61 Å². The van der Waals surface area contributed by atoms with Crippen molar-refractivity contribution in [2.75, 3.05) is 20.8 Å². The number of benzene rings is 1. The fourth-order valence-corrected chi connectivity index (χ4v) is 3.12. The van der Waals surface area contributed by atoms with Crippen molar-refractivity contribution in [1.82, 2.24) is 0 Å². The first-order valence-electron chi connectivity index (χ1n) is 8.33. The maximum atomic E-state index is 10.3. The Labute approximate surface area is 147 Å². The number of hydrogen-bond acceptors (Lipinski definition) is 7. The van der Waals surface area contributed by atoms with Crippen molar-refractivity contribution in [3.63, 3.8) is 0 Å². The van der Waals surface area contributed by atoms with Crippen molar-refractivity contribution in [1.29, 1.82) is 0 Å². The van der Waals surface area contributed by atoms with E-state index in [0.717, 1.165) is 5.56 Å². The van der Waals surface area contributed by atoms with Gasteiger partial charge in [-0.2, -0.15) is 0 Å². The number of rotatable bonds is 5. The molecule has 2 heterocycles. The van der Waals surface area contributed by atoms with E-state index in [1.54, 1.807) is 13.8 Å². The molecule has 0 aliphatic carbocycles. The molecule has 2 fully saturated rings. The molecule has 6 atom stereocenters. The molecule has 1 aromatic carbocycles. The van der Waals surface area contributed by atoms with Crippen LogP contribution in [-0.2, 0) is 35.0 Å². The Balaban J connectivity index is 1.77. The molecule has 0 spiro atoms. The molecule has 140 valence electrons. The van der Waals surface area contributed by atoms with Crippen LogP contribution >= 0.6 is 0 Å². The highest BCUT2D eigenvalue weighted by atomic mass is 16.8. The number of ether oxygens (including phenoxy) is 6. The van der Waals surface area contributed by atoms with Crippen LogP contribution in [0.4, 0.5) is 0 Å². The monoisotopic (exact) mass is 354 g/mol. The van der Waals surface area contributed by atoms with Crippen molar-refractivity contribution in [3.8, 4) is 0 Å². The number of fused-ring (bicyclic) bond motifs is 1. The third-order valence-corrected chi connectivity index (χ3v) is 4.99. The molecular weight excluding hydrogens is 328 g/mol. The number of aliphatic hydroxyl groups is 1. The Morgan fingerprint density at radius 2 is 1.64 bits per heavy atom. The van der Waals surface area contributed by atoms with Gasteiger partial charge in [0.05, 0.1) is 13.2 Å². The van der Waals surface area contributed by atoms with E-state index in [1.165, 1.54) is 14.2 Å². The third kappa shape index (κ3) is 3.46. The van der Waals surface area contributed by atoms with Crippen LogP contribution < -0.4 is 0 Å². The Bertz CT molecular complexity index is 568. The standard InChI is InChI=1S/C18H26O7/c1-17(20-3)18(2,21-4)25-15-14(24-17)13(19)11-23-16(15)22-10-12-8-6-5-7-9-12/h5-9,13-16,19H,10-11H2,1-4H3/t13-,14+,15-,16+,17-,18-/m0/s1. The lowest BCUT2D eigenvalue weighted by molar-refractivity contribution is -0.479. The number of methoxy groups -OCH3 is 2. The van der Waals surface area contributed by atoms with Crippen LogP contribution in [0.5, 0.6) is 0 Å². The van der Waals surface area contributed by atoms with E-state index in [0.29, 0.717) is 6.61 Å². The van der Waals surface area contributed by atoms with Crippen molar-refractivity contribution in [3.05, 3.63) is 35.9 Å². The predicted octanol–water partition coefficient (Wildman–Crippen LogP) is 1.43. The highest BCUT2D eigenvalue weighted by molar-refractivity contribution is 5.13. The third-order valence-electron chi connectivity index (χ3n) is 4.99. The fraction of sp³-hybridized carbons (Fsp3) is 0.667. The zero-order valence-electron chi connectivity index (χ0n) is 15.0.